The van der Waals surface area contributed by atoms with Gasteiger partial charge in [0.2, 0.25) is 0 Å². The lowest BCUT2D eigenvalue weighted by Crippen LogP contribution is -1.94. The molecule has 0 bridgehead atoms. The summed E-state index contributed by atoms with van der Waals surface area (Å²) in [6.45, 7) is 0. The first kappa shape index (κ1) is 25.1. The van der Waals surface area contributed by atoms with Crippen molar-refractivity contribution in [1.29, 1.82) is 0 Å². The Morgan fingerprint density at radius 1 is 0.391 bits per heavy atom. The van der Waals surface area contributed by atoms with Crippen LogP contribution in [0.3, 0.4) is 0 Å². The molecule has 0 aliphatic rings. The number of hydrogen-bond donors (Lipinski definition) is 0. The smallest absolute Gasteiger partial charge is 0.0965 e. The number of hydrogen-bond acceptors (Lipinski definition) is 4. The quantitative estimate of drug-likeness (QED) is 0.194. The van der Waals surface area contributed by atoms with Gasteiger partial charge in [0, 0.05) is 45.9 Å². The third-order valence-corrected chi connectivity index (χ3v) is 9.26. The van der Waals surface area contributed by atoms with Crippen molar-refractivity contribution in [2.45, 2.75) is 0 Å². The van der Waals surface area contributed by atoms with Gasteiger partial charge in [-0.05, 0) is 85.9 Å². The van der Waals surface area contributed by atoms with Crippen molar-refractivity contribution in [3.63, 3.8) is 0 Å². The van der Waals surface area contributed by atoms with Crippen LogP contribution in [0.1, 0.15) is 0 Å². The summed E-state index contributed by atoms with van der Waals surface area (Å²) in [6.07, 6.45) is 5.59. The van der Waals surface area contributed by atoms with Crippen molar-refractivity contribution < 1.29 is 0 Å². The zero-order valence-electron chi connectivity index (χ0n) is 24.6. The molecule has 0 atom stereocenters. The van der Waals surface area contributed by atoms with Crippen molar-refractivity contribution in [3.8, 4) is 33.6 Å². The summed E-state index contributed by atoms with van der Waals surface area (Å²) < 4.78 is 0. The predicted molar refractivity (Wildman–Crippen MR) is 190 cm³/mol. The summed E-state index contributed by atoms with van der Waals surface area (Å²) in [5.74, 6) is 0. The number of nitrogens with zero attached hydrogens (tertiary/aromatic N) is 4. The van der Waals surface area contributed by atoms with Gasteiger partial charge in [-0.3, -0.25) is 15.0 Å². The lowest BCUT2D eigenvalue weighted by molar-refractivity contribution is 1.30. The molecule has 0 saturated heterocycles. The van der Waals surface area contributed by atoms with Gasteiger partial charge in [0.1, 0.15) is 0 Å². The highest BCUT2D eigenvalue weighted by molar-refractivity contribution is 6.26. The van der Waals surface area contributed by atoms with Crippen molar-refractivity contribution in [2.75, 3.05) is 0 Å². The molecule has 4 aromatic heterocycles. The summed E-state index contributed by atoms with van der Waals surface area (Å²) in [7, 11) is 0. The summed E-state index contributed by atoms with van der Waals surface area (Å²) in [5, 5.41) is 10.8. The molecule has 0 saturated carbocycles. The van der Waals surface area contributed by atoms with Crippen molar-refractivity contribution in [2.24, 2.45) is 0 Å². The van der Waals surface area contributed by atoms with Gasteiger partial charge in [0.05, 0.1) is 27.9 Å². The standard InChI is InChI=1S/C42H24N4/c1-5-26-12-13-27-6-2-10-34-35(20-30(7-1)39(26)40(27)34)32-22-37(29-15-11-25-8-3-17-43-36(25)21-29)46-38(23-32)33-19-31-16-14-28-9-4-18-44-41(28)42(31)45-24-33/h1-24H. The van der Waals surface area contributed by atoms with E-state index in [9.17, 15) is 0 Å². The molecular formula is C42H24N4. The van der Waals surface area contributed by atoms with Crippen molar-refractivity contribution in [1.82, 2.24) is 19.9 Å². The minimum Gasteiger partial charge on any atom is -0.256 e. The number of pyridine rings is 4. The summed E-state index contributed by atoms with van der Waals surface area (Å²) in [4.78, 5) is 19.5. The molecule has 46 heavy (non-hydrogen) atoms. The van der Waals surface area contributed by atoms with Gasteiger partial charge in [0.25, 0.3) is 0 Å². The lowest BCUT2D eigenvalue weighted by atomic mass is 9.88. The molecule has 10 aromatic rings. The highest BCUT2D eigenvalue weighted by atomic mass is 14.8. The zero-order valence-corrected chi connectivity index (χ0v) is 24.6. The molecule has 0 unspecified atom stereocenters. The van der Waals surface area contributed by atoms with Gasteiger partial charge in [-0.1, -0.05) is 84.9 Å². The highest BCUT2D eigenvalue weighted by Crippen LogP contribution is 2.42. The molecule has 0 fully saturated rings. The van der Waals surface area contributed by atoms with E-state index in [1.54, 1.807) is 0 Å². The van der Waals surface area contributed by atoms with Crippen LogP contribution >= 0.6 is 0 Å². The maximum Gasteiger partial charge on any atom is 0.0965 e. The maximum absolute atomic E-state index is 5.27. The Morgan fingerprint density at radius 3 is 1.98 bits per heavy atom. The summed E-state index contributed by atoms with van der Waals surface area (Å²) >= 11 is 0. The molecule has 4 heteroatoms. The average Bonchev–Trinajstić information content (AvgIpc) is 3.13. The second kappa shape index (κ2) is 9.62. The second-order valence-electron chi connectivity index (χ2n) is 11.9. The predicted octanol–water partition coefficient (Wildman–Crippen LogP) is 10.6. The van der Waals surface area contributed by atoms with Crippen molar-refractivity contribution in [3.05, 3.63) is 146 Å². The van der Waals surface area contributed by atoms with Crippen LogP contribution in [0, 0.1) is 0 Å². The number of aromatic nitrogens is 4. The van der Waals surface area contributed by atoms with Crippen LogP contribution < -0.4 is 0 Å². The maximum atomic E-state index is 5.27. The Balaban J connectivity index is 1.25. The van der Waals surface area contributed by atoms with Crippen LogP contribution in [0.4, 0.5) is 0 Å². The molecule has 0 aliphatic carbocycles. The van der Waals surface area contributed by atoms with Crippen LogP contribution in [0.5, 0.6) is 0 Å². The fourth-order valence-corrected chi connectivity index (χ4v) is 7.08. The van der Waals surface area contributed by atoms with E-state index < -0.39 is 0 Å². The first-order valence-corrected chi connectivity index (χ1v) is 15.4. The topological polar surface area (TPSA) is 51.6 Å². The molecule has 4 nitrogen and oxygen atoms in total. The van der Waals surface area contributed by atoms with E-state index in [2.05, 4.69) is 125 Å². The first-order chi connectivity index (χ1) is 22.8. The van der Waals surface area contributed by atoms with E-state index in [4.69, 9.17) is 9.97 Å². The van der Waals surface area contributed by atoms with Crippen LogP contribution in [-0.2, 0) is 0 Å². The van der Waals surface area contributed by atoms with E-state index in [1.807, 2.05) is 30.7 Å². The third-order valence-electron chi connectivity index (χ3n) is 9.26. The normalized spacial score (nSPS) is 11.9. The van der Waals surface area contributed by atoms with Gasteiger partial charge in [0.15, 0.2) is 0 Å². The second-order valence-corrected chi connectivity index (χ2v) is 11.9. The van der Waals surface area contributed by atoms with Crippen LogP contribution in [0.2, 0.25) is 0 Å². The minimum atomic E-state index is 0.870. The Labute approximate surface area is 264 Å². The summed E-state index contributed by atoms with van der Waals surface area (Å²) in [5.41, 5.74) is 8.79. The molecule has 4 heterocycles. The summed E-state index contributed by atoms with van der Waals surface area (Å²) in [6, 6.07) is 45.3. The monoisotopic (exact) mass is 584 g/mol. The van der Waals surface area contributed by atoms with Crippen LogP contribution in [0.25, 0.3) is 98.7 Å². The fourth-order valence-electron chi connectivity index (χ4n) is 7.08. The number of fused-ring (bicyclic) bond motifs is 4. The number of rotatable bonds is 3. The van der Waals surface area contributed by atoms with E-state index in [1.165, 1.54) is 37.9 Å². The molecule has 10 rings (SSSR count). The Hall–Kier alpha value is -6.26. The van der Waals surface area contributed by atoms with Crippen LogP contribution in [-0.4, -0.2) is 19.9 Å². The first-order valence-electron chi connectivity index (χ1n) is 15.4. The fraction of sp³-hybridized carbons (Fsp3) is 0. The lowest BCUT2D eigenvalue weighted by Gasteiger charge is -2.16. The van der Waals surface area contributed by atoms with Crippen molar-refractivity contribution >= 4 is 65.0 Å². The molecule has 0 N–H and O–H groups in total. The molecule has 0 aliphatic heterocycles. The minimum absolute atomic E-state index is 0.870. The molecule has 0 amide bonds. The van der Waals surface area contributed by atoms with E-state index in [-0.39, 0.29) is 0 Å². The zero-order chi connectivity index (χ0) is 30.2. The van der Waals surface area contributed by atoms with Gasteiger partial charge in [-0.25, -0.2) is 4.98 Å². The Morgan fingerprint density at radius 2 is 1.07 bits per heavy atom. The van der Waals surface area contributed by atoms with Gasteiger partial charge in [-0.15, -0.1) is 0 Å². The van der Waals surface area contributed by atoms with Crippen LogP contribution in [0.15, 0.2) is 146 Å². The van der Waals surface area contributed by atoms with Gasteiger partial charge < -0.3 is 0 Å². The molecule has 0 spiro atoms. The molecule has 0 radical (unpaired) electrons. The average molecular weight is 585 g/mol. The Kier molecular flexibility index (Phi) is 5.25. The van der Waals surface area contributed by atoms with E-state index in [0.29, 0.717) is 0 Å². The highest BCUT2D eigenvalue weighted by Gasteiger charge is 2.16. The molecule has 6 aromatic carbocycles. The molecule has 212 valence electrons. The van der Waals surface area contributed by atoms with E-state index in [0.717, 1.165) is 60.8 Å². The largest absolute Gasteiger partial charge is 0.256 e. The molecular weight excluding hydrogens is 560 g/mol. The van der Waals surface area contributed by atoms with Gasteiger partial charge in [-0.2, -0.15) is 0 Å². The van der Waals surface area contributed by atoms with Gasteiger partial charge >= 0.3 is 0 Å². The third kappa shape index (κ3) is 3.80. The SMILES string of the molecule is c1cnc2cc(-c3cc(-c4cc5cccc6ccc7cccc4c7c65)cc(-c4cnc5c(ccc6cccnc65)c4)n3)ccc2c1. The number of benzene rings is 6. The Bertz CT molecular complexity index is 2820. The van der Waals surface area contributed by atoms with E-state index >= 15 is 0 Å².